The molecule has 112 valence electrons. The summed E-state index contributed by atoms with van der Waals surface area (Å²) in [6.45, 7) is 0. The molecule has 0 atom stereocenters. The van der Waals surface area contributed by atoms with Crippen LogP contribution >= 0.6 is 0 Å². The van der Waals surface area contributed by atoms with Crippen molar-refractivity contribution in [3.8, 4) is 11.4 Å². The van der Waals surface area contributed by atoms with Crippen LogP contribution in [0.4, 0.5) is 0 Å². The molecule has 0 amide bonds. The summed E-state index contributed by atoms with van der Waals surface area (Å²) in [5.41, 5.74) is 1.04. The van der Waals surface area contributed by atoms with Gasteiger partial charge in [0.25, 0.3) is 0 Å². The Morgan fingerprint density at radius 3 is 1.54 bits per heavy atom. The summed E-state index contributed by atoms with van der Waals surface area (Å²) in [6.07, 6.45) is 3.57. The van der Waals surface area contributed by atoms with E-state index in [0.717, 1.165) is 11.4 Å². The molecule has 2 nitrogen and oxygen atoms in total. The van der Waals surface area contributed by atoms with Crippen LogP contribution in [0.25, 0.3) is 43.7 Å². The molecule has 0 aliphatic rings. The zero-order valence-electron chi connectivity index (χ0n) is 13.0. The van der Waals surface area contributed by atoms with Gasteiger partial charge in [0.05, 0.1) is 0 Å². The van der Waals surface area contributed by atoms with Crippen molar-refractivity contribution in [1.82, 2.24) is 9.97 Å². The molecule has 0 aliphatic carbocycles. The first-order valence-electron chi connectivity index (χ1n) is 8.02. The molecule has 5 aromatic rings. The van der Waals surface area contributed by atoms with Crippen LogP contribution in [-0.4, -0.2) is 9.97 Å². The third-order valence-electron chi connectivity index (χ3n) is 4.57. The van der Waals surface area contributed by atoms with Gasteiger partial charge in [-0.05, 0) is 44.5 Å². The van der Waals surface area contributed by atoms with Gasteiger partial charge in [-0.3, -0.25) is 0 Å². The molecule has 0 aliphatic heterocycles. The van der Waals surface area contributed by atoms with Crippen LogP contribution in [0.3, 0.4) is 0 Å². The standard InChI is InChI=1S/C22H14N2/c1-2-8-18-16(6-1)17-7-3-4-9-19(17)21-14-15(10-11-20(18)21)22-23-12-5-13-24-22/h1-14H. The molecule has 0 N–H and O–H groups in total. The number of fused-ring (bicyclic) bond motifs is 6. The van der Waals surface area contributed by atoms with E-state index in [2.05, 4.69) is 76.7 Å². The molecule has 0 radical (unpaired) electrons. The number of hydrogen-bond donors (Lipinski definition) is 0. The van der Waals surface area contributed by atoms with E-state index in [9.17, 15) is 0 Å². The summed E-state index contributed by atoms with van der Waals surface area (Å²) < 4.78 is 0. The Morgan fingerprint density at radius 2 is 0.958 bits per heavy atom. The quantitative estimate of drug-likeness (QED) is 0.376. The average molecular weight is 306 g/mol. The Balaban J connectivity index is 1.96. The van der Waals surface area contributed by atoms with Crippen LogP contribution in [0.2, 0.25) is 0 Å². The molecular weight excluding hydrogens is 292 g/mol. The van der Waals surface area contributed by atoms with E-state index in [1.165, 1.54) is 32.3 Å². The molecule has 24 heavy (non-hydrogen) atoms. The zero-order chi connectivity index (χ0) is 15.9. The van der Waals surface area contributed by atoms with Crippen molar-refractivity contribution in [2.45, 2.75) is 0 Å². The minimum Gasteiger partial charge on any atom is -0.237 e. The summed E-state index contributed by atoms with van der Waals surface area (Å²) in [5, 5.41) is 7.64. The third-order valence-corrected chi connectivity index (χ3v) is 4.57. The fraction of sp³-hybridized carbons (Fsp3) is 0. The first-order chi connectivity index (χ1) is 11.9. The molecule has 0 saturated heterocycles. The van der Waals surface area contributed by atoms with Crippen LogP contribution in [0, 0.1) is 0 Å². The summed E-state index contributed by atoms with van der Waals surface area (Å²) in [6, 6.07) is 25.5. The lowest BCUT2D eigenvalue weighted by molar-refractivity contribution is 1.18. The molecule has 0 unspecified atom stereocenters. The minimum absolute atomic E-state index is 0.761. The van der Waals surface area contributed by atoms with Gasteiger partial charge in [-0.25, -0.2) is 9.97 Å². The first kappa shape index (κ1) is 13.2. The van der Waals surface area contributed by atoms with Gasteiger partial charge in [-0.15, -0.1) is 0 Å². The van der Waals surface area contributed by atoms with Gasteiger partial charge in [-0.2, -0.15) is 0 Å². The largest absolute Gasteiger partial charge is 0.237 e. The minimum atomic E-state index is 0.761. The fourth-order valence-electron chi connectivity index (χ4n) is 3.49. The van der Waals surface area contributed by atoms with Crippen molar-refractivity contribution in [2.24, 2.45) is 0 Å². The Hall–Kier alpha value is -3.26. The Morgan fingerprint density at radius 1 is 0.458 bits per heavy atom. The lowest BCUT2D eigenvalue weighted by Crippen LogP contribution is -1.88. The summed E-state index contributed by atoms with van der Waals surface area (Å²) in [5.74, 6) is 0.761. The van der Waals surface area contributed by atoms with Gasteiger partial charge in [0.2, 0.25) is 0 Å². The number of nitrogens with zero attached hydrogens (tertiary/aromatic N) is 2. The highest BCUT2D eigenvalue weighted by molar-refractivity contribution is 6.25. The van der Waals surface area contributed by atoms with E-state index < -0.39 is 0 Å². The predicted octanol–water partition coefficient (Wildman–Crippen LogP) is 5.60. The van der Waals surface area contributed by atoms with E-state index in [1.54, 1.807) is 12.4 Å². The second-order valence-electron chi connectivity index (χ2n) is 5.92. The van der Waals surface area contributed by atoms with Crippen LogP contribution in [0.1, 0.15) is 0 Å². The van der Waals surface area contributed by atoms with Crippen molar-refractivity contribution in [3.63, 3.8) is 0 Å². The average Bonchev–Trinajstić information content (AvgIpc) is 2.68. The molecule has 1 heterocycles. The number of hydrogen-bond acceptors (Lipinski definition) is 2. The Labute approximate surface area is 139 Å². The van der Waals surface area contributed by atoms with Gasteiger partial charge in [0.1, 0.15) is 0 Å². The van der Waals surface area contributed by atoms with Crippen LogP contribution in [-0.2, 0) is 0 Å². The maximum atomic E-state index is 4.39. The maximum absolute atomic E-state index is 4.39. The highest BCUT2D eigenvalue weighted by Crippen LogP contribution is 2.36. The molecule has 0 spiro atoms. The van der Waals surface area contributed by atoms with E-state index in [4.69, 9.17) is 0 Å². The van der Waals surface area contributed by atoms with Gasteiger partial charge in [0.15, 0.2) is 5.82 Å². The van der Waals surface area contributed by atoms with Crippen molar-refractivity contribution < 1.29 is 0 Å². The van der Waals surface area contributed by atoms with Crippen molar-refractivity contribution in [2.75, 3.05) is 0 Å². The molecule has 1 aromatic heterocycles. The third kappa shape index (κ3) is 1.90. The Kier molecular flexibility index (Phi) is 2.83. The van der Waals surface area contributed by atoms with Gasteiger partial charge < -0.3 is 0 Å². The van der Waals surface area contributed by atoms with E-state index >= 15 is 0 Å². The lowest BCUT2D eigenvalue weighted by atomic mass is 9.93. The summed E-state index contributed by atoms with van der Waals surface area (Å²) in [7, 11) is 0. The summed E-state index contributed by atoms with van der Waals surface area (Å²) >= 11 is 0. The molecule has 0 bridgehead atoms. The van der Waals surface area contributed by atoms with Crippen LogP contribution < -0.4 is 0 Å². The molecule has 0 saturated carbocycles. The first-order valence-corrected chi connectivity index (χ1v) is 8.02. The number of aromatic nitrogens is 2. The molecule has 4 aromatic carbocycles. The SMILES string of the molecule is c1cnc(-c2ccc3c4ccccc4c4ccccc4c3c2)nc1. The molecular formula is C22H14N2. The van der Waals surface area contributed by atoms with Gasteiger partial charge in [0, 0.05) is 18.0 Å². The Bertz CT molecular complexity index is 1160. The van der Waals surface area contributed by atoms with Gasteiger partial charge in [-0.1, -0.05) is 60.7 Å². The van der Waals surface area contributed by atoms with Gasteiger partial charge >= 0.3 is 0 Å². The van der Waals surface area contributed by atoms with Crippen LogP contribution in [0.15, 0.2) is 85.2 Å². The zero-order valence-corrected chi connectivity index (χ0v) is 13.0. The van der Waals surface area contributed by atoms with E-state index in [1.807, 2.05) is 6.07 Å². The van der Waals surface area contributed by atoms with Crippen molar-refractivity contribution in [3.05, 3.63) is 85.2 Å². The second-order valence-corrected chi connectivity index (χ2v) is 5.92. The number of rotatable bonds is 1. The highest BCUT2D eigenvalue weighted by atomic mass is 14.8. The maximum Gasteiger partial charge on any atom is 0.159 e. The summed E-state index contributed by atoms with van der Waals surface area (Å²) in [4.78, 5) is 8.77. The molecule has 0 fully saturated rings. The molecule has 5 rings (SSSR count). The lowest BCUT2D eigenvalue weighted by Gasteiger charge is -2.11. The number of benzene rings is 4. The predicted molar refractivity (Wildman–Crippen MR) is 100.0 cm³/mol. The topological polar surface area (TPSA) is 25.8 Å². The van der Waals surface area contributed by atoms with E-state index in [-0.39, 0.29) is 0 Å². The van der Waals surface area contributed by atoms with Crippen molar-refractivity contribution in [1.29, 1.82) is 0 Å². The van der Waals surface area contributed by atoms with Crippen LogP contribution in [0.5, 0.6) is 0 Å². The monoisotopic (exact) mass is 306 g/mol. The normalized spacial score (nSPS) is 11.3. The fourth-order valence-corrected chi connectivity index (χ4v) is 3.49. The molecule has 2 heteroatoms. The second kappa shape index (κ2) is 5.14. The van der Waals surface area contributed by atoms with Crippen molar-refractivity contribution >= 4 is 32.3 Å². The van der Waals surface area contributed by atoms with E-state index in [0.29, 0.717) is 0 Å². The smallest absolute Gasteiger partial charge is 0.159 e. The highest BCUT2D eigenvalue weighted by Gasteiger charge is 2.09.